The molecule has 1 fully saturated rings. The number of aromatic nitrogens is 1. The van der Waals surface area contributed by atoms with Gasteiger partial charge in [-0.25, -0.2) is 4.98 Å². The Kier molecular flexibility index (Phi) is 4.87. The Morgan fingerprint density at radius 3 is 2.64 bits per heavy atom. The fourth-order valence-corrected chi connectivity index (χ4v) is 5.08. The molecule has 2 amide bonds. The van der Waals surface area contributed by atoms with Gasteiger partial charge in [0.15, 0.2) is 0 Å². The van der Waals surface area contributed by atoms with Gasteiger partial charge in [-0.3, -0.25) is 9.59 Å². The van der Waals surface area contributed by atoms with Crippen molar-refractivity contribution >= 4 is 23.2 Å². The molecule has 1 atom stereocenters. The summed E-state index contributed by atoms with van der Waals surface area (Å²) < 4.78 is 6.52. The maximum atomic E-state index is 13.2. The first-order valence-electron chi connectivity index (χ1n) is 9.63. The summed E-state index contributed by atoms with van der Waals surface area (Å²) in [5.74, 6) is 0.847. The maximum Gasteiger partial charge on any atom is 0.265 e. The molecule has 1 spiro atoms. The van der Waals surface area contributed by atoms with Gasteiger partial charge in [-0.1, -0.05) is 18.2 Å². The Hall–Kier alpha value is -2.41. The molecule has 2 aromatic rings. The lowest BCUT2D eigenvalue weighted by Gasteiger charge is -2.43. The van der Waals surface area contributed by atoms with Crippen LogP contribution in [0.2, 0.25) is 0 Å². The third-order valence-corrected chi connectivity index (χ3v) is 6.57. The molecule has 2 aliphatic rings. The third-order valence-electron chi connectivity index (χ3n) is 5.51. The van der Waals surface area contributed by atoms with Gasteiger partial charge >= 0.3 is 0 Å². The highest BCUT2D eigenvalue weighted by Crippen LogP contribution is 2.35. The number of aryl methyl sites for hydroxylation is 2. The number of likely N-dealkylation sites (tertiary alicyclic amines) is 1. The molecular weight excluding hydrogens is 374 g/mol. The van der Waals surface area contributed by atoms with E-state index in [0.29, 0.717) is 31.1 Å². The highest BCUT2D eigenvalue weighted by atomic mass is 32.1. The van der Waals surface area contributed by atoms with Gasteiger partial charge in [-0.15, -0.1) is 11.3 Å². The van der Waals surface area contributed by atoms with Gasteiger partial charge in [0, 0.05) is 25.6 Å². The van der Waals surface area contributed by atoms with Crippen molar-refractivity contribution in [2.75, 3.05) is 19.6 Å². The zero-order chi connectivity index (χ0) is 19.9. The SMILES string of the molecule is CC(=O)N1Cc2ccccc2O[C@@]2(CCCN(C(=O)c3sc(C)nc3C)C2)C1. The number of hydrogen-bond acceptors (Lipinski definition) is 5. The van der Waals surface area contributed by atoms with Crippen LogP contribution in [0.3, 0.4) is 0 Å². The molecule has 0 bridgehead atoms. The molecule has 0 radical (unpaired) electrons. The molecular formula is C21H25N3O3S. The molecule has 148 valence electrons. The van der Waals surface area contributed by atoms with E-state index in [9.17, 15) is 9.59 Å². The lowest BCUT2D eigenvalue weighted by Crippen LogP contribution is -2.58. The van der Waals surface area contributed by atoms with Crippen LogP contribution in [-0.4, -0.2) is 51.8 Å². The molecule has 0 aliphatic carbocycles. The number of carbonyl (C=O) groups is 2. The standard InChI is InChI=1S/C21H25N3O3S/c1-14-19(28-15(2)22-14)20(26)23-10-6-9-21(12-23)13-24(16(3)25)11-17-7-4-5-8-18(17)27-21/h4-5,7-8H,6,9-13H2,1-3H3/t21-/m1/s1. The zero-order valence-electron chi connectivity index (χ0n) is 16.5. The maximum absolute atomic E-state index is 13.2. The molecule has 28 heavy (non-hydrogen) atoms. The summed E-state index contributed by atoms with van der Waals surface area (Å²) in [6.07, 6.45) is 1.66. The number of rotatable bonds is 1. The predicted molar refractivity (Wildman–Crippen MR) is 108 cm³/mol. The van der Waals surface area contributed by atoms with E-state index in [1.54, 1.807) is 6.92 Å². The molecule has 1 aromatic heterocycles. The molecule has 6 nitrogen and oxygen atoms in total. The number of piperidine rings is 1. The highest BCUT2D eigenvalue weighted by molar-refractivity contribution is 7.13. The van der Waals surface area contributed by atoms with Gasteiger partial charge in [0.2, 0.25) is 5.91 Å². The Morgan fingerprint density at radius 1 is 1.18 bits per heavy atom. The normalized spacial score (nSPS) is 21.8. The van der Waals surface area contributed by atoms with Crippen LogP contribution < -0.4 is 4.74 Å². The quantitative estimate of drug-likeness (QED) is 0.739. The van der Waals surface area contributed by atoms with Crippen molar-refractivity contribution in [3.63, 3.8) is 0 Å². The zero-order valence-corrected chi connectivity index (χ0v) is 17.3. The van der Waals surface area contributed by atoms with Gasteiger partial charge < -0.3 is 14.5 Å². The summed E-state index contributed by atoms with van der Waals surface area (Å²) in [6, 6.07) is 7.87. The summed E-state index contributed by atoms with van der Waals surface area (Å²) in [4.78, 5) is 34.2. The van der Waals surface area contributed by atoms with Crippen LogP contribution in [0.4, 0.5) is 0 Å². The number of nitrogens with zero attached hydrogens (tertiary/aromatic N) is 3. The Labute approximate surface area is 169 Å². The number of hydrogen-bond donors (Lipinski definition) is 0. The minimum absolute atomic E-state index is 0.0117. The van der Waals surface area contributed by atoms with Gasteiger partial charge in [0.25, 0.3) is 5.91 Å². The van der Waals surface area contributed by atoms with Crippen LogP contribution in [-0.2, 0) is 11.3 Å². The second-order valence-corrected chi connectivity index (χ2v) is 8.95. The predicted octanol–water partition coefficient (Wildman–Crippen LogP) is 3.18. The van der Waals surface area contributed by atoms with Crippen LogP contribution in [0.25, 0.3) is 0 Å². The largest absolute Gasteiger partial charge is 0.483 e. The molecule has 2 aliphatic heterocycles. The van der Waals surface area contributed by atoms with E-state index in [2.05, 4.69) is 4.98 Å². The lowest BCUT2D eigenvalue weighted by molar-refractivity contribution is -0.132. The summed E-state index contributed by atoms with van der Waals surface area (Å²) >= 11 is 1.44. The van der Waals surface area contributed by atoms with E-state index in [0.717, 1.165) is 34.9 Å². The van der Waals surface area contributed by atoms with Crippen LogP contribution in [0.5, 0.6) is 5.75 Å². The average Bonchev–Trinajstić information content (AvgIpc) is 2.91. The number of amides is 2. The molecule has 0 unspecified atom stereocenters. The Balaban J connectivity index is 1.65. The Bertz CT molecular complexity index is 925. The summed E-state index contributed by atoms with van der Waals surface area (Å²) in [5, 5.41) is 0.898. The van der Waals surface area contributed by atoms with Crippen LogP contribution in [0, 0.1) is 13.8 Å². The van der Waals surface area contributed by atoms with Crippen molar-refractivity contribution in [2.24, 2.45) is 0 Å². The van der Waals surface area contributed by atoms with Gasteiger partial charge in [-0.2, -0.15) is 0 Å². The molecule has 1 aromatic carbocycles. The summed E-state index contributed by atoms with van der Waals surface area (Å²) in [7, 11) is 0. The van der Waals surface area contributed by atoms with Crippen molar-refractivity contribution in [1.29, 1.82) is 0 Å². The first-order valence-corrected chi connectivity index (χ1v) is 10.4. The molecule has 0 saturated carbocycles. The minimum atomic E-state index is -0.584. The smallest absolute Gasteiger partial charge is 0.265 e. The van der Waals surface area contributed by atoms with Crippen LogP contribution in [0.1, 0.15) is 45.7 Å². The van der Waals surface area contributed by atoms with E-state index in [-0.39, 0.29) is 11.8 Å². The van der Waals surface area contributed by atoms with E-state index >= 15 is 0 Å². The van der Waals surface area contributed by atoms with Crippen molar-refractivity contribution in [3.05, 3.63) is 45.4 Å². The molecule has 7 heteroatoms. The Morgan fingerprint density at radius 2 is 1.93 bits per heavy atom. The average molecular weight is 400 g/mol. The van der Waals surface area contributed by atoms with Gasteiger partial charge in [-0.05, 0) is 32.8 Å². The van der Waals surface area contributed by atoms with E-state index in [4.69, 9.17) is 4.74 Å². The number of benzene rings is 1. The fraction of sp³-hybridized carbons (Fsp3) is 0.476. The number of thiazole rings is 1. The van der Waals surface area contributed by atoms with Crippen molar-refractivity contribution in [1.82, 2.24) is 14.8 Å². The molecule has 1 saturated heterocycles. The number of fused-ring (bicyclic) bond motifs is 1. The molecule has 4 rings (SSSR count). The second-order valence-electron chi connectivity index (χ2n) is 7.75. The molecule has 0 N–H and O–H groups in total. The first kappa shape index (κ1) is 18.9. The van der Waals surface area contributed by atoms with Crippen molar-refractivity contribution in [2.45, 2.75) is 45.8 Å². The lowest BCUT2D eigenvalue weighted by atomic mass is 9.91. The third kappa shape index (κ3) is 3.51. The molecule has 3 heterocycles. The van der Waals surface area contributed by atoms with E-state index in [1.165, 1.54) is 11.3 Å². The highest BCUT2D eigenvalue weighted by Gasteiger charge is 2.43. The van der Waals surface area contributed by atoms with E-state index < -0.39 is 5.60 Å². The minimum Gasteiger partial charge on any atom is -0.483 e. The van der Waals surface area contributed by atoms with E-state index in [1.807, 2.05) is 47.9 Å². The van der Waals surface area contributed by atoms with Crippen molar-refractivity contribution in [3.8, 4) is 5.75 Å². The monoisotopic (exact) mass is 399 g/mol. The number of carbonyl (C=O) groups excluding carboxylic acids is 2. The van der Waals surface area contributed by atoms with Crippen LogP contribution >= 0.6 is 11.3 Å². The fourth-order valence-electron chi connectivity index (χ4n) is 4.19. The first-order chi connectivity index (χ1) is 13.4. The number of ether oxygens (including phenoxy) is 1. The summed E-state index contributed by atoms with van der Waals surface area (Å²) in [6.45, 7) is 7.59. The second kappa shape index (κ2) is 7.20. The van der Waals surface area contributed by atoms with Gasteiger partial charge in [0.1, 0.15) is 16.2 Å². The number of para-hydroxylation sites is 1. The van der Waals surface area contributed by atoms with Crippen molar-refractivity contribution < 1.29 is 14.3 Å². The van der Waals surface area contributed by atoms with Crippen LogP contribution in [0.15, 0.2) is 24.3 Å². The van der Waals surface area contributed by atoms with Gasteiger partial charge in [0.05, 0.1) is 23.8 Å². The summed E-state index contributed by atoms with van der Waals surface area (Å²) in [5.41, 5.74) is 1.20. The topological polar surface area (TPSA) is 62.7 Å².